The molecule has 9 aromatic rings. The number of hydrogen-bond acceptors (Lipinski definition) is 18. The van der Waals surface area contributed by atoms with E-state index in [1.165, 1.54) is 62.7 Å². The average molecular weight is 1860 g/mol. The van der Waals surface area contributed by atoms with Crippen molar-refractivity contribution in [2.24, 2.45) is 35.3 Å². The highest BCUT2D eigenvalue weighted by atomic mass is 32.1. The Balaban J connectivity index is 0.000000202. The number of carbonyl (C=O) groups excluding carboxylic acids is 5. The van der Waals surface area contributed by atoms with Gasteiger partial charge in [-0.3, -0.25) is 28.9 Å². The molecule has 0 radical (unpaired) electrons. The normalized spacial score (nSPS) is 17.1. The molecule has 15 atom stereocenters. The Morgan fingerprint density at radius 3 is 1.20 bits per heavy atom. The second kappa shape index (κ2) is 61.1. The lowest BCUT2D eigenvalue weighted by molar-refractivity contribution is -0.124. The Bertz CT molecular complexity index is 4580. The fourth-order valence-corrected chi connectivity index (χ4v) is 17.6. The molecule has 135 heavy (non-hydrogen) atoms. The average Bonchev–Trinajstić information content (AvgIpc) is 1.47. The Morgan fingerprint density at radius 2 is 0.830 bits per heavy atom. The van der Waals surface area contributed by atoms with Crippen LogP contribution in [0, 0.1) is 29.6 Å². The molecule has 0 saturated carbocycles. The number of Topliss-reactive ketones (excluding diaryl/α,β-unsaturated/α-hetero) is 1. The van der Waals surface area contributed by atoms with Crippen LogP contribution in [0.5, 0.6) is 23.0 Å². The van der Waals surface area contributed by atoms with Gasteiger partial charge in [-0.15, -0.1) is 11.3 Å². The lowest BCUT2D eigenvalue weighted by Gasteiger charge is -2.31. The SMILES string of the molecule is CCCC(C)COc1ccc([C@H](CN2CCOCC2)NC(=O)[C@@H](C)c2ccccc2)cc1.CCCC(C)COc1ccc([C@H](CNC(=O)[C@H](N)Cc2cscn2)CC(=O)[C@@H](C)c2ccccc2)cc1.CCCC(C)COc1ccc([C@H](CNCC2CCOC2)NC(=O)[C@@H](C)c2ccccc2)cc1.CCCC(C)COc1ccc([C@H](CNC[C@H]2CCCN2)NC(=O)[C@@H](C)c2ccccc2)cc1. The Kier molecular flexibility index (Phi) is 49.2. The number of nitrogens with two attached hydrogens (primary N) is 1. The lowest BCUT2D eigenvalue weighted by atomic mass is 9.87. The van der Waals surface area contributed by atoms with Gasteiger partial charge in [-0.2, -0.15) is 0 Å². The summed E-state index contributed by atoms with van der Waals surface area (Å²) in [7, 11) is 0. The topological polar surface area (TPSA) is 267 Å². The Morgan fingerprint density at radius 1 is 0.444 bits per heavy atom. The van der Waals surface area contributed by atoms with E-state index in [-0.39, 0.29) is 77.1 Å². The fraction of sp³-hybridized carbons (Fsp3) is 0.504. The number of nitrogens with one attached hydrogen (secondary N) is 7. The van der Waals surface area contributed by atoms with E-state index < -0.39 is 6.04 Å². The minimum Gasteiger partial charge on any atom is -0.493 e. The zero-order valence-corrected chi connectivity index (χ0v) is 83.5. The van der Waals surface area contributed by atoms with E-state index in [0.717, 1.165) is 178 Å². The molecule has 3 aliphatic rings. The van der Waals surface area contributed by atoms with Gasteiger partial charge in [0.15, 0.2) is 0 Å². The molecule has 3 aliphatic heterocycles. The third kappa shape index (κ3) is 39.5. The molecule has 4 amide bonds. The largest absolute Gasteiger partial charge is 0.493 e. The lowest BCUT2D eigenvalue weighted by Crippen LogP contribution is -2.43. The maximum Gasteiger partial charge on any atom is 0.237 e. The van der Waals surface area contributed by atoms with Crippen LogP contribution in [0.3, 0.4) is 0 Å². The first kappa shape index (κ1) is 109. The minimum absolute atomic E-state index is 0.0333. The monoisotopic (exact) mass is 1860 g/mol. The van der Waals surface area contributed by atoms with E-state index in [2.05, 4.69) is 139 Å². The predicted octanol–water partition coefficient (Wildman–Crippen LogP) is 20.2. The van der Waals surface area contributed by atoms with Gasteiger partial charge in [0.1, 0.15) is 28.8 Å². The molecule has 22 heteroatoms. The number of ketones is 1. The summed E-state index contributed by atoms with van der Waals surface area (Å²) in [4.78, 5) is 71.8. The Hall–Kier alpha value is -10.1. The van der Waals surface area contributed by atoms with Crippen molar-refractivity contribution in [3.05, 3.63) is 279 Å². The van der Waals surface area contributed by atoms with Gasteiger partial charge in [0, 0.05) is 95.1 Å². The summed E-state index contributed by atoms with van der Waals surface area (Å²) in [6.45, 7) is 38.6. The van der Waals surface area contributed by atoms with Crippen LogP contribution in [0.15, 0.2) is 229 Å². The first-order chi connectivity index (χ1) is 65.6. The zero-order chi connectivity index (χ0) is 96.3. The first-order valence-corrected chi connectivity index (χ1v) is 51.0. The highest BCUT2D eigenvalue weighted by Gasteiger charge is 2.29. The summed E-state index contributed by atoms with van der Waals surface area (Å²) in [6.07, 6.45) is 13.5. The molecule has 12 rings (SSSR count). The number of carbonyl (C=O) groups is 5. The van der Waals surface area contributed by atoms with Crippen LogP contribution >= 0.6 is 11.3 Å². The van der Waals surface area contributed by atoms with Gasteiger partial charge in [0.05, 0.1) is 99.4 Å². The molecule has 1 aromatic heterocycles. The van der Waals surface area contributed by atoms with E-state index in [9.17, 15) is 24.0 Å². The molecule has 8 aromatic carbocycles. The highest BCUT2D eigenvalue weighted by Crippen LogP contribution is 2.31. The number of thiazole rings is 1. The second-order valence-corrected chi connectivity index (χ2v) is 38.2. The van der Waals surface area contributed by atoms with E-state index >= 15 is 0 Å². The first-order valence-electron chi connectivity index (χ1n) is 50.0. The van der Waals surface area contributed by atoms with Gasteiger partial charge < -0.3 is 71.4 Å². The molecule has 732 valence electrons. The molecular formula is C113H158N10O11S. The van der Waals surface area contributed by atoms with Crippen LogP contribution in [0.2, 0.25) is 0 Å². The summed E-state index contributed by atoms with van der Waals surface area (Å²) >= 11 is 1.48. The van der Waals surface area contributed by atoms with Crippen LogP contribution in [0.1, 0.15) is 258 Å². The van der Waals surface area contributed by atoms with Crippen LogP contribution in [0.4, 0.5) is 0 Å². The second-order valence-electron chi connectivity index (χ2n) is 37.5. The van der Waals surface area contributed by atoms with Crippen molar-refractivity contribution in [2.45, 2.75) is 226 Å². The molecule has 5 unspecified atom stereocenters. The number of rotatable bonds is 52. The van der Waals surface area contributed by atoms with Crippen molar-refractivity contribution in [1.29, 1.82) is 0 Å². The number of amides is 4. The van der Waals surface area contributed by atoms with Crippen LogP contribution in [0.25, 0.3) is 0 Å². The predicted molar refractivity (Wildman–Crippen MR) is 548 cm³/mol. The van der Waals surface area contributed by atoms with Crippen molar-refractivity contribution in [1.82, 2.24) is 47.1 Å². The molecule has 21 nitrogen and oxygen atoms in total. The number of hydrogen-bond donors (Lipinski definition) is 8. The van der Waals surface area contributed by atoms with Crippen molar-refractivity contribution in [3.63, 3.8) is 0 Å². The van der Waals surface area contributed by atoms with E-state index in [4.69, 9.17) is 34.2 Å². The quantitative estimate of drug-likeness (QED) is 0.0176. The molecule has 0 aliphatic carbocycles. The molecule has 3 fully saturated rings. The summed E-state index contributed by atoms with van der Waals surface area (Å²) in [5.74, 6) is 5.13. The third-order valence-corrected chi connectivity index (χ3v) is 26.4. The van der Waals surface area contributed by atoms with Gasteiger partial charge in [0.25, 0.3) is 0 Å². The Labute approximate surface area is 811 Å². The van der Waals surface area contributed by atoms with Gasteiger partial charge in [-0.25, -0.2) is 4.98 Å². The van der Waals surface area contributed by atoms with Crippen molar-refractivity contribution in [2.75, 3.05) is 112 Å². The zero-order valence-electron chi connectivity index (χ0n) is 82.7. The van der Waals surface area contributed by atoms with Crippen LogP contribution in [-0.2, 0) is 39.9 Å². The smallest absolute Gasteiger partial charge is 0.237 e. The maximum atomic E-state index is 13.3. The van der Waals surface area contributed by atoms with Gasteiger partial charge in [-0.1, -0.05) is 258 Å². The highest BCUT2D eigenvalue weighted by molar-refractivity contribution is 7.07. The van der Waals surface area contributed by atoms with Crippen LogP contribution < -0.4 is 61.9 Å². The van der Waals surface area contributed by atoms with Gasteiger partial charge in [-0.05, 0) is 195 Å². The maximum absolute atomic E-state index is 13.3. The van der Waals surface area contributed by atoms with E-state index in [1.54, 1.807) is 5.51 Å². The van der Waals surface area contributed by atoms with Crippen molar-refractivity contribution >= 4 is 40.7 Å². The standard InChI is InChI=1S/C30H39N3O3S.C28H41N3O2.C28H40N2O3.C27H38N2O3/c1-4-8-21(2)18-36-27-13-11-24(12-14-27)25(15-29(34)22(3)23-9-6-5-7-10-23)17-32-30(35)28(31)16-26-19-37-20-33-26;1-4-9-21(2)20-33-26-15-13-24(14-16-26)27(19-29-18-25-12-8-17-30-25)31-28(32)22(3)23-10-6-5-7-11-23;1-4-8-21(2)19-33-26-13-11-25(12-14-26)27(18-29-17-23-15-16-32-20-23)30-28(31)22(3)24-9-6-5-7-10-24;1-4-8-21(2)20-32-25-13-11-24(12-14-25)26(19-29-15-17-31-18-16-29)28-27(30)22(3)23-9-6-5-7-10-23/h5-7,9-14,19-22,25,28H,4,8,15-18,31H2,1-3H3,(H,32,35);5-7,10-11,13-16,21-22,25,27,29-30H,4,8-9,12,17-20H2,1-3H3,(H,31,32);5-7,9-14,21-23,27,29H,4,8,15-20H2,1-3H3,(H,30,31);5-7,9-14,21-22,26H,4,8,15-20H2,1-3H3,(H,28,30)/t21?,22-,25-,28+;21?,22-,25+,27-;21?,22-,23?,27-;21?,22-,26-/m0000/s1. The summed E-state index contributed by atoms with van der Waals surface area (Å²) in [6, 6.07) is 71.6. The van der Waals surface area contributed by atoms with Crippen molar-refractivity contribution < 1.29 is 52.4 Å². The summed E-state index contributed by atoms with van der Waals surface area (Å²) in [5.41, 5.74) is 17.0. The number of morpholine rings is 1. The number of aromatic nitrogens is 1. The number of benzene rings is 8. The molecular weight excluding hydrogens is 1710 g/mol. The van der Waals surface area contributed by atoms with Gasteiger partial charge in [0.2, 0.25) is 23.6 Å². The number of nitrogens with zero attached hydrogens (tertiary/aromatic N) is 2. The molecule has 4 heterocycles. The molecule has 3 saturated heterocycles. The summed E-state index contributed by atoms with van der Waals surface area (Å²) in [5, 5.41) is 25.4. The van der Waals surface area contributed by atoms with E-state index in [1.807, 2.05) is 215 Å². The van der Waals surface area contributed by atoms with Gasteiger partial charge >= 0.3 is 0 Å². The van der Waals surface area contributed by atoms with Crippen LogP contribution in [-0.4, -0.2) is 163 Å². The number of ether oxygens (including phenoxy) is 6. The fourth-order valence-electron chi connectivity index (χ4n) is 17.0. The molecule has 0 bridgehead atoms. The molecule has 0 spiro atoms. The minimum atomic E-state index is -0.692. The third-order valence-electron chi connectivity index (χ3n) is 25.7. The molecule has 9 N–H and O–H groups in total. The summed E-state index contributed by atoms with van der Waals surface area (Å²) < 4.78 is 34.8. The van der Waals surface area contributed by atoms with Crippen molar-refractivity contribution in [3.8, 4) is 23.0 Å². The van der Waals surface area contributed by atoms with E-state index in [0.29, 0.717) is 74.7 Å².